The van der Waals surface area contributed by atoms with Gasteiger partial charge in [0.25, 0.3) is 0 Å². The molecule has 1 saturated carbocycles. The lowest BCUT2D eigenvalue weighted by molar-refractivity contribution is -0.151. The van der Waals surface area contributed by atoms with E-state index in [-0.39, 0.29) is 24.5 Å². The number of hydrogen-bond donors (Lipinski definition) is 3. The van der Waals surface area contributed by atoms with Crippen LogP contribution in [0.3, 0.4) is 0 Å². The molecule has 0 aromatic heterocycles. The maximum atomic E-state index is 11.1. The Morgan fingerprint density at radius 3 is 2.88 bits per heavy atom. The van der Waals surface area contributed by atoms with Crippen LogP contribution in [0.25, 0.3) is 0 Å². The Bertz CT molecular complexity index is 225. The van der Waals surface area contributed by atoms with Gasteiger partial charge in [0.1, 0.15) is 0 Å². The molecule has 2 unspecified atom stereocenters. The van der Waals surface area contributed by atoms with E-state index in [9.17, 15) is 9.90 Å². The fraction of sp³-hybridized carbons (Fsp3) is 0.900. The molecule has 0 aromatic rings. The highest BCUT2D eigenvalue weighted by Gasteiger charge is 2.26. The SMILES string of the molecule is CN(CCC(=O)ONN)C1CCCCC1O. The number of aliphatic hydroxyl groups is 1. The summed E-state index contributed by atoms with van der Waals surface area (Å²) in [7, 11) is 1.92. The first-order valence-corrected chi connectivity index (χ1v) is 5.68. The van der Waals surface area contributed by atoms with Crippen molar-refractivity contribution in [3.8, 4) is 0 Å². The Morgan fingerprint density at radius 1 is 1.56 bits per heavy atom. The van der Waals surface area contributed by atoms with Crippen molar-refractivity contribution in [2.45, 2.75) is 44.2 Å². The molecular formula is C10H21N3O3. The van der Waals surface area contributed by atoms with E-state index in [2.05, 4.69) is 4.84 Å². The number of likely N-dealkylation sites (N-methyl/N-ethyl adjacent to an activating group) is 1. The maximum absolute atomic E-state index is 11.1. The highest BCUT2D eigenvalue weighted by molar-refractivity contribution is 5.69. The fourth-order valence-electron chi connectivity index (χ4n) is 2.16. The predicted molar refractivity (Wildman–Crippen MR) is 58.9 cm³/mol. The molecule has 2 atom stereocenters. The van der Waals surface area contributed by atoms with E-state index in [1.54, 1.807) is 0 Å². The molecule has 1 aliphatic rings. The van der Waals surface area contributed by atoms with Crippen LogP contribution in [-0.4, -0.2) is 41.7 Å². The number of nitrogens with two attached hydrogens (primary N) is 1. The quantitative estimate of drug-likeness (QED) is 0.438. The normalized spacial score (nSPS) is 25.8. The van der Waals surface area contributed by atoms with Crippen molar-refractivity contribution in [2.75, 3.05) is 13.6 Å². The summed E-state index contributed by atoms with van der Waals surface area (Å²) in [5.74, 6) is 4.46. The Hall–Kier alpha value is -0.690. The first-order valence-electron chi connectivity index (χ1n) is 5.68. The Labute approximate surface area is 95.7 Å². The summed E-state index contributed by atoms with van der Waals surface area (Å²) in [4.78, 5) is 17.5. The van der Waals surface area contributed by atoms with E-state index in [0.717, 1.165) is 25.7 Å². The molecule has 0 amide bonds. The Balaban J connectivity index is 2.27. The minimum absolute atomic E-state index is 0.160. The van der Waals surface area contributed by atoms with Gasteiger partial charge in [-0.2, -0.15) is 0 Å². The van der Waals surface area contributed by atoms with Gasteiger partial charge < -0.3 is 14.8 Å². The van der Waals surface area contributed by atoms with Crippen molar-refractivity contribution in [2.24, 2.45) is 5.84 Å². The van der Waals surface area contributed by atoms with E-state index >= 15 is 0 Å². The van der Waals surface area contributed by atoms with Crippen molar-refractivity contribution in [3.63, 3.8) is 0 Å². The monoisotopic (exact) mass is 231 g/mol. The van der Waals surface area contributed by atoms with E-state index < -0.39 is 0 Å². The van der Waals surface area contributed by atoms with Gasteiger partial charge in [0.05, 0.1) is 12.5 Å². The van der Waals surface area contributed by atoms with Gasteiger partial charge in [0.15, 0.2) is 0 Å². The van der Waals surface area contributed by atoms with Crippen LogP contribution in [0.15, 0.2) is 0 Å². The van der Waals surface area contributed by atoms with E-state index in [1.807, 2.05) is 17.5 Å². The van der Waals surface area contributed by atoms with Crippen LogP contribution in [0.1, 0.15) is 32.1 Å². The number of carbonyl (C=O) groups is 1. The number of nitrogens with zero attached hydrogens (tertiary/aromatic N) is 1. The van der Waals surface area contributed by atoms with Crippen molar-refractivity contribution in [3.05, 3.63) is 0 Å². The zero-order valence-electron chi connectivity index (χ0n) is 9.69. The summed E-state index contributed by atoms with van der Waals surface area (Å²) < 4.78 is 0. The van der Waals surface area contributed by atoms with E-state index in [4.69, 9.17) is 5.84 Å². The van der Waals surface area contributed by atoms with Gasteiger partial charge >= 0.3 is 5.97 Å². The first-order chi connectivity index (χ1) is 7.65. The van der Waals surface area contributed by atoms with Crippen molar-refractivity contribution in [1.82, 2.24) is 10.5 Å². The number of aliphatic hydroxyl groups excluding tert-OH is 1. The largest absolute Gasteiger partial charge is 0.391 e. The summed E-state index contributed by atoms with van der Waals surface area (Å²) in [5.41, 5.74) is 1.86. The van der Waals surface area contributed by atoms with Crippen molar-refractivity contribution < 1.29 is 14.7 Å². The number of hydrogen-bond acceptors (Lipinski definition) is 6. The lowest BCUT2D eigenvalue weighted by Crippen LogP contribution is -2.44. The summed E-state index contributed by atoms with van der Waals surface area (Å²) >= 11 is 0. The van der Waals surface area contributed by atoms with Crippen LogP contribution >= 0.6 is 0 Å². The summed E-state index contributed by atoms with van der Waals surface area (Å²) in [6, 6.07) is 0.160. The van der Waals surface area contributed by atoms with Gasteiger partial charge in [-0.25, -0.2) is 5.84 Å². The molecule has 6 nitrogen and oxygen atoms in total. The third-order valence-electron chi connectivity index (χ3n) is 3.10. The van der Waals surface area contributed by atoms with Crippen LogP contribution in [0.4, 0.5) is 0 Å². The maximum Gasteiger partial charge on any atom is 0.327 e. The lowest BCUT2D eigenvalue weighted by atomic mass is 9.91. The molecule has 16 heavy (non-hydrogen) atoms. The van der Waals surface area contributed by atoms with Crippen LogP contribution < -0.4 is 11.4 Å². The second kappa shape index (κ2) is 6.80. The number of carbonyl (C=O) groups excluding carboxylic acids is 1. The van der Waals surface area contributed by atoms with Gasteiger partial charge in [-0.15, -0.1) is 0 Å². The average Bonchev–Trinajstić information content (AvgIpc) is 2.27. The molecule has 1 aliphatic carbocycles. The zero-order valence-corrected chi connectivity index (χ0v) is 9.69. The summed E-state index contributed by atoms with van der Waals surface area (Å²) in [5, 5.41) is 9.82. The van der Waals surface area contributed by atoms with Gasteiger partial charge in [-0.3, -0.25) is 4.79 Å². The van der Waals surface area contributed by atoms with Gasteiger partial charge in [-0.05, 0) is 19.9 Å². The molecule has 1 fully saturated rings. The molecule has 6 heteroatoms. The molecule has 0 bridgehead atoms. The van der Waals surface area contributed by atoms with Gasteiger partial charge in [0.2, 0.25) is 0 Å². The van der Waals surface area contributed by atoms with Crippen LogP contribution in [-0.2, 0) is 9.63 Å². The van der Waals surface area contributed by atoms with E-state index in [0.29, 0.717) is 6.54 Å². The number of hydrazine groups is 1. The molecule has 0 aliphatic heterocycles. The first kappa shape index (κ1) is 13.4. The third kappa shape index (κ3) is 4.05. The molecule has 0 radical (unpaired) electrons. The molecule has 0 heterocycles. The molecule has 0 spiro atoms. The smallest absolute Gasteiger partial charge is 0.327 e. The summed E-state index contributed by atoms with van der Waals surface area (Å²) in [6.07, 6.45) is 4.06. The van der Waals surface area contributed by atoms with Gasteiger partial charge in [0, 0.05) is 12.6 Å². The molecule has 94 valence electrons. The van der Waals surface area contributed by atoms with Crippen LogP contribution in [0, 0.1) is 0 Å². The van der Waals surface area contributed by atoms with E-state index in [1.165, 1.54) is 0 Å². The minimum Gasteiger partial charge on any atom is -0.391 e. The number of rotatable bonds is 5. The predicted octanol–water partition coefficient (Wildman–Crippen LogP) is -0.467. The van der Waals surface area contributed by atoms with Gasteiger partial charge in [-0.1, -0.05) is 18.4 Å². The van der Waals surface area contributed by atoms with Crippen LogP contribution in [0.5, 0.6) is 0 Å². The molecule has 0 saturated heterocycles. The third-order valence-corrected chi connectivity index (χ3v) is 3.10. The lowest BCUT2D eigenvalue weighted by Gasteiger charge is -2.34. The zero-order chi connectivity index (χ0) is 12.0. The minimum atomic E-state index is -0.389. The van der Waals surface area contributed by atoms with Crippen LogP contribution in [0.2, 0.25) is 0 Å². The topological polar surface area (TPSA) is 87.8 Å². The Morgan fingerprint density at radius 2 is 2.25 bits per heavy atom. The number of nitrogens with one attached hydrogen (secondary N) is 1. The van der Waals surface area contributed by atoms with Crippen molar-refractivity contribution in [1.29, 1.82) is 0 Å². The molecule has 1 rings (SSSR count). The summed E-state index contributed by atoms with van der Waals surface area (Å²) in [6.45, 7) is 0.572. The standard InChI is InChI=1S/C10H21N3O3/c1-13(7-6-10(15)16-12-11)8-4-2-3-5-9(8)14/h8-9,12,14H,2-7,11H2,1H3. The molecular weight excluding hydrogens is 210 g/mol. The highest BCUT2D eigenvalue weighted by atomic mass is 16.7. The highest BCUT2D eigenvalue weighted by Crippen LogP contribution is 2.22. The Kier molecular flexibility index (Phi) is 5.68. The van der Waals surface area contributed by atoms with Crippen molar-refractivity contribution >= 4 is 5.97 Å². The molecule has 0 aromatic carbocycles. The fourth-order valence-corrected chi connectivity index (χ4v) is 2.16. The second-order valence-electron chi connectivity index (χ2n) is 4.24. The second-order valence-corrected chi connectivity index (χ2v) is 4.24. The average molecular weight is 231 g/mol. The molecule has 4 N–H and O–H groups in total.